The smallest absolute Gasteiger partial charge is 0.241 e. The number of aryl methyl sites for hydroxylation is 2. The van der Waals surface area contributed by atoms with Crippen molar-refractivity contribution in [1.82, 2.24) is 19.9 Å². The van der Waals surface area contributed by atoms with Crippen molar-refractivity contribution in [2.24, 2.45) is 0 Å². The van der Waals surface area contributed by atoms with E-state index in [0.717, 1.165) is 12.2 Å². The first-order valence-corrected chi connectivity index (χ1v) is 8.61. The molecule has 1 aliphatic rings. The Balaban J connectivity index is 1.58. The second kappa shape index (κ2) is 7.76. The second-order valence-electron chi connectivity index (χ2n) is 6.58. The van der Waals surface area contributed by atoms with Crippen molar-refractivity contribution in [3.8, 4) is 0 Å². The molecule has 1 amide bonds. The molecule has 1 aromatic carbocycles. The Morgan fingerprint density at radius 3 is 2.96 bits per heavy atom. The van der Waals surface area contributed by atoms with Crippen LogP contribution < -0.4 is 5.32 Å². The largest absolute Gasteiger partial charge is 0.374 e. The van der Waals surface area contributed by atoms with Crippen LogP contribution in [0.2, 0.25) is 0 Å². The molecule has 2 atom stereocenters. The van der Waals surface area contributed by atoms with Crippen LogP contribution in [0.4, 0.5) is 5.69 Å². The monoisotopic (exact) mass is 343 g/mol. The summed E-state index contributed by atoms with van der Waals surface area (Å²) in [6.45, 7) is 8.74. The van der Waals surface area contributed by atoms with Crippen molar-refractivity contribution < 1.29 is 9.53 Å². The van der Waals surface area contributed by atoms with Crippen LogP contribution in [0.25, 0.3) is 0 Å². The SMILES string of the molecule is Cc1ccc(NC(=O)C(C)N2CCOC(Cn3ccnn3)C2)cc1C. The number of morpholine rings is 1. The quantitative estimate of drug-likeness (QED) is 0.893. The van der Waals surface area contributed by atoms with Crippen LogP contribution in [-0.4, -0.2) is 57.6 Å². The van der Waals surface area contributed by atoms with E-state index in [1.807, 2.05) is 38.2 Å². The Kier molecular flexibility index (Phi) is 5.45. The van der Waals surface area contributed by atoms with Gasteiger partial charge in [0, 0.05) is 25.0 Å². The van der Waals surface area contributed by atoms with Crippen molar-refractivity contribution in [3.63, 3.8) is 0 Å². The highest BCUT2D eigenvalue weighted by atomic mass is 16.5. The van der Waals surface area contributed by atoms with Crippen molar-refractivity contribution >= 4 is 11.6 Å². The van der Waals surface area contributed by atoms with E-state index in [0.29, 0.717) is 19.7 Å². The number of benzene rings is 1. The Labute approximate surface area is 148 Å². The molecule has 1 aromatic heterocycles. The molecule has 25 heavy (non-hydrogen) atoms. The number of aromatic nitrogens is 3. The highest BCUT2D eigenvalue weighted by molar-refractivity contribution is 5.94. The van der Waals surface area contributed by atoms with Crippen LogP contribution in [0, 0.1) is 13.8 Å². The molecule has 2 heterocycles. The zero-order valence-electron chi connectivity index (χ0n) is 15.0. The van der Waals surface area contributed by atoms with Crippen LogP contribution in [-0.2, 0) is 16.1 Å². The molecular weight excluding hydrogens is 318 g/mol. The summed E-state index contributed by atoms with van der Waals surface area (Å²) in [4.78, 5) is 14.8. The normalized spacial score (nSPS) is 19.6. The summed E-state index contributed by atoms with van der Waals surface area (Å²) in [6.07, 6.45) is 3.48. The fraction of sp³-hybridized carbons (Fsp3) is 0.500. The Morgan fingerprint density at radius 2 is 2.24 bits per heavy atom. The number of nitrogens with zero attached hydrogens (tertiary/aromatic N) is 4. The topological polar surface area (TPSA) is 72.3 Å². The summed E-state index contributed by atoms with van der Waals surface area (Å²) in [5.41, 5.74) is 3.23. The summed E-state index contributed by atoms with van der Waals surface area (Å²) in [5, 5.41) is 10.8. The maximum absolute atomic E-state index is 12.6. The number of carbonyl (C=O) groups is 1. The molecule has 0 aliphatic carbocycles. The maximum Gasteiger partial charge on any atom is 0.241 e. The van der Waals surface area contributed by atoms with Crippen LogP contribution in [0.3, 0.4) is 0 Å². The lowest BCUT2D eigenvalue weighted by Gasteiger charge is -2.36. The predicted molar refractivity (Wildman–Crippen MR) is 95.3 cm³/mol. The number of hydrogen-bond acceptors (Lipinski definition) is 5. The van der Waals surface area contributed by atoms with Gasteiger partial charge >= 0.3 is 0 Å². The van der Waals surface area contributed by atoms with E-state index in [1.54, 1.807) is 10.9 Å². The first-order chi connectivity index (χ1) is 12.0. The Morgan fingerprint density at radius 1 is 1.40 bits per heavy atom. The fourth-order valence-corrected chi connectivity index (χ4v) is 2.97. The van der Waals surface area contributed by atoms with Gasteiger partial charge in [-0.2, -0.15) is 0 Å². The number of anilines is 1. The van der Waals surface area contributed by atoms with Gasteiger partial charge in [0.05, 0.1) is 31.5 Å². The maximum atomic E-state index is 12.6. The summed E-state index contributed by atoms with van der Waals surface area (Å²) < 4.78 is 7.55. The number of hydrogen-bond donors (Lipinski definition) is 1. The standard InChI is InChI=1S/C18H25N5O2/c1-13-4-5-16(10-14(13)2)20-18(24)15(3)22-8-9-25-17(11-22)12-23-7-6-19-21-23/h4-7,10,15,17H,8-9,11-12H2,1-3H3,(H,20,24). The molecule has 0 saturated carbocycles. The molecule has 1 aliphatic heterocycles. The van der Waals surface area contributed by atoms with Crippen molar-refractivity contribution in [1.29, 1.82) is 0 Å². The van der Waals surface area contributed by atoms with Gasteiger partial charge in [-0.3, -0.25) is 9.69 Å². The third kappa shape index (κ3) is 4.43. The van der Waals surface area contributed by atoms with Gasteiger partial charge in [-0.1, -0.05) is 11.3 Å². The molecule has 134 valence electrons. The molecule has 1 saturated heterocycles. The third-order valence-electron chi connectivity index (χ3n) is 4.73. The number of rotatable bonds is 5. The Bertz CT molecular complexity index is 716. The first kappa shape index (κ1) is 17.6. The fourth-order valence-electron chi connectivity index (χ4n) is 2.97. The van der Waals surface area contributed by atoms with Gasteiger partial charge < -0.3 is 10.1 Å². The lowest BCUT2D eigenvalue weighted by atomic mass is 10.1. The minimum atomic E-state index is -0.219. The molecule has 0 spiro atoms. The van der Waals surface area contributed by atoms with Gasteiger partial charge in [-0.25, -0.2) is 4.68 Å². The molecule has 1 fully saturated rings. The highest BCUT2D eigenvalue weighted by Gasteiger charge is 2.28. The minimum absolute atomic E-state index is 0.00431. The lowest BCUT2D eigenvalue weighted by molar-refractivity contribution is -0.124. The molecular formula is C18H25N5O2. The van der Waals surface area contributed by atoms with Crippen LogP contribution in [0.1, 0.15) is 18.1 Å². The van der Waals surface area contributed by atoms with Gasteiger partial charge in [0.15, 0.2) is 0 Å². The Hall–Kier alpha value is -2.25. The molecule has 2 unspecified atom stereocenters. The van der Waals surface area contributed by atoms with Crippen LogP contribution in [0.5, 0.6) is 0 Å². The second-order valence-corrected chi connectivity index (χ2v) is 6.58. The molecule has 1 N–H and O–H groups in total. The highest BCUT2D eigenvalue weighted by Crippen LogP contribution is 2.16. The van der Waals surface area contributed by atoms with Crippen LogP contribution in [0.15, 0.2) is 30.6 Å². The van der Waals surface area contributed by atoms with Gasteiger partial charge in [0.1, 0.15) is 0 Å². The van der Waals surface area contributed by atoms with Gasteiger partial charge in [-0.05, 0) is 44.0 Å². The molecule has 0 bridgehead atoms. The van der Waals surface area contributed by atoms with Gasteiger partial charge in [-0.15, -0.1) is 5.10 Å². The summed E-state index contributed by atoms with van der Waals surface area (Å²) in [7, 11) is 0. The lowest BCUT2D eigenvalue weighted by Crippen LogP contribution is -2.51. The van der Waals surface area contributed by atoms with E-state index in [-0.39, 0.29) is 18.1 Å². The van der Waals surface area contributed by atoms with E-state index in [4.69, 9.17) is 4.74 Å². The average Bonchev–Trinajstić information content (AvgIpc) is 3.10. The van der Waals surface area contributed by atoms with Gasteiger partial charge in [0.2, 0.25) is 5.91 Å². The summed E-state index contributed by atoms with van der Waals surface area (Å²) in [5.74, 6) is 0.00431. The molecule has 7 heteroatoms. The zero-order valence-corrected chi connectivity index (χ0v) is 15.0. The summed E-state index contributed by atoms with van der Waals surface area (Å²) >= 11 is 0. The zero-order chi connectivity index (χ0) is 17.8. The van der Waals surface area contributed by atoms with Crippen LogP contribution >= 0.6 is 0 Å². The minimum Gasteiger partial charge on any atom is -0.374 e. The van der Waals surface area contributed by atoms with Crippen molar-refractivity contribution in [2.45, 2.75) is 39.5 Å². The van der Waals surface area contributed by atoms with E-state index in [1.165, 1.54) is 11.1 Å². The van der Waals surface area contributed by atoms with Gasteiger partial charge in [0.25, 0.3) is 0 Å². The van der Waals surface area contributed by atoms with Crippen molar-refractivity contribution in [3.05, 3.63) is 41.7 Å². The van der Waals surface area contributed by atoms with Crippen molar-refractivity contribution in [2.75, 3.05) is 25.0 Å². The number of nitrogens with one attached hydrogen (secondary N) is 1. The van der Waals surface area contributed by atoms with E-state index in [2.05, 4.69) is 27.5 Å². The first-order valence-electron chi connectivity index (χ1n) is 8.61. The molecule has 3 rings (SSSR count). The number of ether oxygens (including phenoxy) is 1. The number of amides is 1. The third-order valence-corrected chi connectivity index (χ3v) is 4.73. The number of carbonyl (C=O) groups excluding carboxylic acids is 1. The predicted octanol–water partition coefficient (Wildman–Crippen LogP) is 1.62. The van der Waals surface area contributed by atoms with E-state index < -0.39 is 0 Å². The summed E-state index contributed by atoms with van der Waals surface area (Å²) in [6, 6.07) is 5.76. The van der Waals surface area contributed by atoms with E-state index >= 15 is 0 Å². The average molecular weight is 343 g/mol. The van der Waals surface area contributed by atoms with E-state index in [9.17, 15) is 4.79 Å². The molecule has 0 radical (unpaired) electrons. The molecule has 2 aromatic rings. The molecule has 7 nitrogen and oxygen atoms in total.